The molecule has 7 heteroatoms. The van der Waals surface area contributed by atoms with Crippen LogP contribution in [0.1, 0.15) is 56.7 Å². The number of carbonyl (C=O) groups excluding carboxylic acids is 1. The minimum atomic E-state index is -4.00. The lowest BCUT2D eigenvalue weighted by Gasteiger charge is -2.19. The molecule has 2 N–H and O–H groups in total. The summed E-state index contributed by atoms with van der Waals surface area (Å²) in [7, 11) is -4.00. The van der Waals surface area contributed by atoms with Crippen LogP contribution in [0, 0.1) is 34.6 Å². The zero-order valence-corrected chi connectivity index (χ0v) is 21.3. The number of hydrogen-bond donors (Lipinski definition) is 2. The van der Waals surface area contributed by atoms with Crippen molar-refractivity contribution in [1.82, 2.24) is 5.32 Å². The molecule has 0 radical (unpaired) electrons. The summed E-state index contributed by atoms with van der Waals surface area (Å²) in [6.45, 7) is 11.8. The van der Waals surface area contributed by atoms with Crippen LogP contribution in [0.15, 0.2) is 53.4 Å². The monoisotopic (exact) mass is 484 g/mol. The minimum Gasteiger partial charge on any atom is -0.346 e. The number of rotatable bonds is 6. The molecule has 0 aliphatic rings. The molecule has 174 valence electrons. The minimum absolute atomic E-state index is 0.0439. The standard InChI is InChI=1S/C26H29ClN2O3S/c1-15-8-7-9-24(19(15)5)29-33(31,32)25-14-21(10-11-23(25)27)26(30)28-20(6)22-13-17(3)16(2)12-18(22)4/h7-14,20,29H,1-6H3,(H,28,30)/t20-/m0/s1. The number of aryl methyl sites for hydroxylation is 4. The fraction of sp³-hybridized carbons (Fsp3) is 0.269. The zero-order valence-electron chi connectivity index (χ0n) is 19.7. The molecule has 0 heterocycles. The molecule has 3 rings (SSSR count). The van der Waals surface area contributed by atoms with E-state index in [-0.39, 0.29) is 27.4 Å². The van der Waals surface area contributed by atoms with E-state index in [1.54, 1.807) is 12.1 Å². The number of sulfonamides is 1. The molecule has 0 unspecified atom stereocenters. The summed E-state index contributed by atoms with van der Waals surface area (Å²) in [5.41, 5.74) is 6.92. The van der Waals surface area contributed by atoms with Gasteiger partial charge in [-0.3, -0.25) is 9.52 Å². The summed E-state index contributed by atoms with van der Waals surface area (Å²) < 4.78 is 28.8. The highest BCUT2D eigenvalue weighted by Gasteiger charge is 2.22. The van der Waals surface area contributed by atoms with E-state index < -0.39 is 10.0 Å². The van der Waals surface area contributed by atoms with E-state index in [9.17, 15) is 13.2 Å². The van der Waals surface area contributed by atoms with Gasteiger partial charge in [0.15, 0.2) is 0 Å². The van der Waals surface area contributed by atoms with Gasteiger partial charge in [-0.05, 0) is 99.2 Å². The van der Waals surface area contributed by atoms with Crippen LogP contribution < -0.4 is 10.0 Å². The first-order chi connectivity index (χ1) is 15.4. The summed E-state index contributed by atoms with van der Waals surface area (Å²) >= 11 is 6.23. The molecule has 1 atom stereocenters. The van der Waals surface area contributed by atoms with Crippen LogP contribution in [-0.2, 0) is 10.0 Å². The fourth-order valence-corrected chi connectivity index (χ4v) is 5.37. The third-order valence-electron chi connectivity index (χ3n) is 6.03. The van der Waals surface area contributed by atoms with Gasteiger partial charge in [-0.25, -0.2) is 8.42 Å². The highest BCUT2D eigenvalue weighted by molar-refractivity contribution is 7.92. The Morgan fingerprint density at radius 1 is 0.879 bits per heavy atom. The predicted octanol–water partition coefficient (Wildman–Crippen LogP) is 6.17. The highest BCUT2D eigenvalue weighted by atomic mass is 35.5. The highest BCUT2D eigenvalue weighted by Crippen LogP contribution is 2.28. The van der Waals surface area contributed by atoms with Crippen LogP contribution in [0.5, 0.6) is 0 Å². The summed E-state index contributed by atoms with van der Waals surface area (Å²) in [4.78, 5) is 12.8. The van der Waals surface area contributed by atoms with E-state index in [0.29, 0.717) is 5.69 Å². The number of anilines is 1. The third kappa shape index (κ3) is 5.40. The lowest BCUT2D eigenvalue weighted by Crippen LogP contribution is -2.27. The molecule has 0 saturated carbocycles. The van der Waals surface area contributed by atoms with Crippen molar-refractivity contribution in [3.8, 4) is 0 Å². The molecule has 33 heavy (non-hydrogen) atoms. The second kappa shape index (κ2) is 9.57. The Morgan fingerprint density at radius 3 is 2.24 bits per heavy atom. The van der Waals surface area contributed by atoms with Crippen LogP contribution in [0.4, 0.5) is 5.69 Å². The Bertz CT molecular complexity index is 1330. The van der Waals surface area contributed by atoms with Gasteiger partial charge in [0.05, 0.1) is 16.8 Å². The molecule has 1 amide bonds. The molecule has 5 nitrogen and oxygen atoms in total. The van der Waals surface area contributed by atoms with Gasteiger partial charge < -0.3 is 5.32 Å². The first-order valence-corrected chi connectivity index (χ1v) is 12.5. The summed E-state index contributed by atoms with van der Waals surface area (Å²) in [5, 5.41) is 3.01. The van der Waals surface area contributed by atoms with Crippen molar-refractivity contribution in [3.63, 3.8) is 0 Å². The first kappa shape index (κ1) is 24.8. The van der Waals surface area contributed by atoms with Crippen molar-refractivity contribution < 1.29 is 13.2 Å². The van der Waals surface area contributed by atoms with Crippen LogP contribution in [0.2, 0.25) is 5.02 Å². The van der Waals surface area contributed by atoms with Gasteiger partial charge in [0.1, 0.15) is 4.90 Å². The maximum atomic E-state index is 13.1. The van der Waals surface area contributed by atoms with E-state index in [1.807, 2.05) is 40.7 Å². The second-order valence-electron chi connectivity index (χ2n) is 8.49. The molecule has 0 saturated heterocycles. The average molecular weight is 485 g/mol. The molecular weight excluding hydrogens is 456 g/mol. The van der Waals surface area contributed by atoms with Gasteiger partial charge >= 0.3 is 0 Å². The normalized spacial score (nSPS) is 12.3. The lowest BCUT2D eigenvalue weighted by molar-refractivity contribution is 0.0939. The Labute approximate surface area is 201 Å². The van der Waals surface area contributed by atoms with Gasteiger partial charge in [-0.2, -0.15) is 0 Å². The number of nitrogens with one attached hydrogen (secondary N) is 2. The fourth-order valence-electron chi connectivity index (χ4n) is 3.72. The van der Waals surface area contributed by atoms with E-state index in [2.05, 4.69) is 29.1 Å². The number of halogens is 1. The molecule has 0 aliphatic carbocycles. The lowest BCUT2D eigenvalue weighted by atomic mass is 9.96. The van der Waals surface area contributed by atoms with E-state index in [0.717, 1.165) is 27.8 Å². The molecule has 0 fully saturated rings. The Balaban J connectivity index is 1.88. The summed E-state index contributed by atoms with van der Waals surface area (Å²) in [5.74, 6) is -0.375. The van der Waals surface area contributed by atoms with E-state index in [4.69, 9.17) is 11.6 Å². The summed E-state index contributed by atoms with van der Waals surface area (Å²) in [6.07, 6.45) is 0. The maximum Gasteiger partial charge on any atom is 0.263 e. The van der Waals surface area contributed by atoms with Gasteiger partial charge in [0.2, 0.25) is 0 Å². The van der Waals surface area contributed by atoms with Gasteiger partial charge in [0.25, 0.3) is 15.9 Å². The van der Waals surface area contributed by atoms with Gasteiger partial charge in [0, 0.05) is 5.56 Å². The number of benzene rings is 3. The third-order valence-corrected chi connectivity index (χ3v) is 7.88. The van der Waals surface area contributed by atoms with Crippen molar-refractivity contribution in [2.24, 2.45) is 0 Å². The molecule has 0 bridgehead atoms. The first-order valence-electron chi connectivity index (χ1n) is 10.7. The molecule has 0 spiro atoms. The van der Waals surface area contributed by atoms with Crippen molar-refractivity contribution >= 4 is 33.2 Å². The van der Waals surface area contributed by atoms with Crippen LogP contribution in [-0.4, -0.2) is 14.3 Å². The molecule has 3 aromatic carbocycles. The molecule has 0 aliphatic heterocycles. The number of carbonyl (C=O) groups is 1. The van der Waals surface area contributed by atoms with Crippen LogP contribution in [0.25, 0.3) is 0 Å². The smallest absolute Gasteiger partial charge is 0.263 e. The Morgan fingerprint density at radius 2 is 1.55 bits per heavy atom. The van der Waals surface area contributed by atoms with Crippen molar-refractivity contribution in [2.75, 3.05) is 4.72 Å². The Hall–Kier alpha value is -2.83. The number of hydrogen-bond acceptors (Lipinski definition) is 3. The quantitative estimate of drug-likeness (QED) is 0.439. The van der Waals surface area contributed by atoms with Crippen molar-refractivity contribution in [2.45, 2.75) is 52.5 Å². The molecular formula is C26H29ClN2O3S. The van der Waals surface area contributed by atoms with Gasteiger partial charge in [-0.15, -0.1) is 0 Å². The van der Waals surface area contributed by atoms with Crippen LogP contribution >= 0.6 is 11.6 Å². The predicted molar refractivity (Wildman–Crippen MR) is 135 cm³/mol. The van der Waals surface area contributed by atoms with Crippen molar-refractivity contribution in [1.29, 1.82) is 0 Å². The average Bonchev–Trinajstić information content (AvgIpc) is 2.74. The maximum absolute atomic E-state index is 13.1. The molecule has 0 aromatic heterocycles. The Kier molecular flexibility index (Phi) is 7.20. The SMILES string of the molecule is Cc1cc(C)c([C@H](C)NC(=O)c2ccc(Cl)c(S(=O)(=O)Nc3cccc(C)c3C)c2)cc1C. The van der Waals surface area contributed by atoms with Gasteiger partial charge in [-0.1, -0.05) is 35.9 Å². The van der Waals surface area contributed by atoms with Crippen molar-refractivity contribution in [3.05, 3.63) is 92.5 Å². The zero-order chi connectivity index (χ0) is 24.5. The van der Waals surface area contributed by atoms with Crippen LogP contribution in [0.3, 0.4) is 0 Å². The van der Waals surface area contributed by atoms with E-state index >= 15 is 0 Å². The molecule has 3 aromatic rings. The second-order valence-corrected chi connectivity index (χ2v) is 10.5. The number of amides is 1. The van der Waals surface area contributed by atoms with E-state index in [1.165, 1.54) is 23.8 Å². The largest absolute Gasteiger partial charge is 0.346 e. The summed E-state index contributed by atoms with van der Waals surface area (Å²) in [6, 6.07) is 13.6. The topological polar surface area (TPSA) is 75.3 Å².